The van der Waals surface area contributed by atoms with Crippen LogP contribution >= 0.6 is 0 Å². The number of nitrogens with zero attached hydrogens (tertiary/aromatic N) is 3. The molecule has 2 N–H and O–H groups in total. The first-order valence-corrected chi connectivity index (χ1v) is 7.60. The Hall–Kier alpha value is -2.71. The van der Waals surface area contributed by atoms with Crippen LogP contribution in [0.25, 0.3) is 0 Å². The molecule has 0 unspecified atom stereocenters. The maximum Gasteiger partial charge on any atom is 0.421 e. The fourth-order valence-electron chi connectivity index (χ4n) is 2.11. The second-order valence-electron chi connectivity index (χ2n) is 5.24. The number of hydrogen-bond donors (Lipinski definition) is 2. The summed E-state index contributed by atoms with van der Waals surface area (Å²) in [5, 5.41) is 6.08. The second-order valence-corrected chi connectivity index (χ2v) is 5.24. The van der Waals surface area contributed by atoms with Crippen LogP contribution in [0.5, 0.6) is 5.88 Å². The number of halogens is 3. The summed E-state index contributed by atoms with van der Waals surface area (Å²) in [7, 11) is 3.54. The predicted octanol–water partition coefficient (Wildman–Crippen LogP) is 2.18. The van der Waals surface area contributed by atoms with Crippen LogP contribution in [0.15, 0.2) is 41.8 Å². The minimum absolute atomic E-state index is 0.0200. The Balaban J connectivity index is 1.78. The van der Waals surface area contributed by atoms with E-state index in [0.717, 1.165) is 11.6 Å². The van der Waals surface area contributed by atoms with Crippen molar-refractivity contribution in [3.8, 4) is 5.88 Å². The Morgan fingerprint density at radius 2 is 2.12 bits per heavy atom. The first-order valence-electron chi connectivity index (χ1n) is 7.60. The smallest absolute Gasteiger partial charge is 0.421 e. The van der Waals surface area contributed by atoms with Crippen LogP contribution in [-0.4, -0.2) is 35.7 Å². The molecule has 2 aromatic rings. The molecular formula is C16H20F3N5O. The summed E-state index contributed by atoms with van der Waals surface area (Å²) in [6.45, 7) is 0.883. The van der Waals surface area contributed by atoms with E-state index in [-0.39, 0.29) is 13.2 Å². The number of aryl methyl sites for hydroxylation is 1. The van der Waals surface area contributed by atoms with Gasteiger partial charge in [-0.05, 0) is 23.8 Å². The van der Waals surface area contributed by atoms with Gasteiger partial charge in [-0.2, -0.15) is 13.2 Å². The Labute approximate surface area is 143 Å². The summed E-state index contributed by atoms with van der Waals surface area (Å²) in [5.74, 6) is 0.105. The van der Waals surface area contributed by atoms with Gasteiger partial charge in [0.25, 0.3) is 0 Å². The Morgan fingerprint density at radius 3 is 2.76 bits per heavy atom. The molecule has 136 valence electrons. The van der Waals surface area contributed by atoms with E-state index in [1.165, 1.54) is 12.3 Å². The molecular weight excluding hydrogens is 335 g/mol. The number of rotatable bonds is 6. The first kappa shape index (κ1) is 18.6. The van der Waals surface area contributed by atoms with Gasteiger partial charge in [0, 0.05) is 39.2 Å². The molecule has 0 atom stereocenters. The molecule has 0 bridgehead atoms. The molecule has 0 saturated heterocycles. The zero-order valence-corrected chi connectivity index (χ0v) is 14.0. The topological polar surface area (TPSA) is 63.5 Å². The van der Waals surface area contributed by atoms with E-state index in [1.54, 1.807) is 7.05 Å². The van der Waals surface area contributed by atoms with Gasteiger partial charge in [0.2, 0.25) is 5.88 Å². The molecule has 0 amide bonds. The molecule has 0 spiro atoms. The summed E-state index contributed by atoms with van der Waals surface area (Å²) in [6.07, 6.45) is 0.678. The van der Waals surface area contributed by atoms with Crippen molar-refractivity contribution in [1.82, 2.24) is 20.2 Å². The molecule has 2 heterocycles. The second kappa shape index (κ2) is 8.41. The van der Waals surface area contributed by atoms with Crippen molar-refractivity contribution in [1.29, 1.82) is 0 Å². The van der Waals surface area contributed by atoms with Gasteiger partial charge in [-0.25, -0.2) is 4.98 Å². The molecule has 2 rings (SSSR count). The third kappa shape index (κ3) is 5.70. The molecule has 0 aliphatic rings. The summed E-state index contributed by atoms with van der Waals surface area (Å²) in [5.41, 5.74) is 0.201. The lowest BCUT2D eigenvalue weighted by atomic mass is 10.2. The number of ether oxygens (including phenoxy) is 1. The lowest BCUT2D eigenvalue weighted by Crippen LogP contribution is -2.38. The monoisotopic (exact) mass is 355 g/mol. The van der Waals surface area contributed by atoms with Crippen LogP contribution in [0.4, 0.5) is 13.2 Å². The normalized spacial score (nSPS) is 12.1. The number of nitrogens with one attached hydrogen (secondary N) is 2. The van der Waals surface area contributed by atoms with Gasteiger partial charge in [-0.3, -0.25) is 4.99 Å². The standard InChI is InChI=1S/C16H20F3N5O/c1-20-15(23-10-12-5-8-24(2)11-12)22-7-9-25-14-13(16(17,18)19)4-3-6-21-14/h3-6,8,11H,7,9-10H2,1-2H3,(H2,20,22,23). The summed E-state index contributed by atoms with van der Waals surface area (Å²) < 4.78 is 45.6. The van der Waals surface area contributed by atoms with Crippen LogP contribution in [-0.2, 0) is 19.8 Å². The van der Waals surface area contributed by atoms with Gasteiger partial charge < -0.3 is 19.9 Å². The third-order valence-corrected chi connectivity index (χ3v) is 3.29. The summed E-state index contributed by atoms with van der Waals surface area (Å²) >= 11 is 0. The highest BCUT2D eigenvalue weighted by atomic mass is 19.4. The Kier molecular flexibility index (Phi) is 6.26. The Morgan fingerprint density at radius 1 is 1.32 bits per heavy atom. The number of pyridine rings is 1. The van der Waals surface area contributed by atoms with Gasteiger partial charge in [0.15, 0.2) is 5.96 Å². The van der Waals surface area contributed by atoms with Gasteiger partial charge in [-0.1, -0.05) is 0 Å². The van der Waals surface area contributed by atoms with E-state index in [1.807, 2.05) is 30.1 Å². The molecule has 2 aromatic heterocycles. The van der Waals surface area contributed by atoms with Gasteiger partial charge >= 0.3 is 6.18 Å². The lowest BCUT2D eigenvalue weighted by molar-refractivity contribution is -0.139. The van der Waals surface area contributed by atoms with Crippen molar-refractivity contribution in [2.75, 3.05) is 20.2 Å². The molecule has 0 aromatic carbocycles. The van der Waals surface area contributed by atoms with Gasteiger partial charge in [0.05, 0.1) is 6.54 Å². The number of guanidine groups is 1. The average Bonchev–Trinajstić information content (AvgIpc) is 2.99. The number of alkyl halides is 3. The summed E-state index contributed by atoms with van der Waals surface area (Å²) in [4.78, 5) is 7.69. The van der Waals surface area contributed by atoms with Crippen LogP contribution < -0.4 is 15.4 Å². The number of hydrogen-bond acceptors (Lipinski definition) is 3. The largest absolute Gasteiger partial charge is 0.475 e. The highest BCUT2D eigenvalue weighted by molar-refractivity contribution is 5.79. The third-order valence-electron chi connectivity index (χ3n) is 3.29. The minimum Gasteiger partial charge on any atom is -0.475 e. The fourth-order valence-corrected chi connectivity index (χ4v) is 2.11. The van der Waals surface area contributed by atoms with Crippen molar-refractivity contribution < 1.29 is 17.9 Å². The van der Waals surface area contributed by atoms with Crippen molar-refractivity contribution in [2.24, 2.45) is 12.0 Å². The first-order chi connectivity index (χ1) is 11.9. The van der Waals surface area contributed by atoms with Gasteiger partial charge in [-0.15, -0.1) is 0 Å². The maximum atomic E-state index is 12.8. The minimum atomic E-state index is -4.50. The SMILES string of the molecule is CN=C(NCCOc1ncccc1C(F)(F)F)NCc1ccn(C)c1. The van der Waals surface area contributed by atoms with E-state index < -0.39 is 17.6 Å². The molecule has 0 aliphatic heterocycles. The molecule has 9 heteroatoms. The maximum absolute atomic E-state index is 12.8. The van der Waals surface area contributed by atoms with Crippen LogP contribution in [0, 0.1) is 0 Å². The average molecular weight is 355 g/mol. The van der Waals surface area contributed by atoms with E-state index in [2.05, 4.69) is 20.6 Å². The highest BCUT2D eigenvalue weighted by Gasteiger charge is 2.34. The zero-order valence-electron chi connectivity index (χ0n) is 14.0. The van der Waals surface area contributed by atoms with E-state index >= 15 is 0 Å². The number of aliphatic imine (C=N–C) groups is 1. The van der Waals surface area contributed by atoms with E-state index in [4.69, 9.17) is 4.74 Å². The van der Waals surface area contributed by atoms with Crippen molar-refractivity contribution in [2.45, 2.75) is 12.7 Å². The highest BCUT2D eigenvalue weighted by Crippen LogP contribution is 2.34. The van der Waals surface area contributed by atoms with Crippen molar-refractivity contribution in [3.63, 3.8) is 0 Å². The molecule has 0 saturated carbocycles. The van der Waals surface area contributed by atoms with E-state index in [0.29, 0.717) is 12.5 Å². The molecule has 0 radical (unpaired) electrons. The number of aromatic nitrogens is 2. The van der Waals surface area contributed by atoms with Crippen LogP contribution in [0.2, 0.25) is 0 Å². The van der Waals surface area contributed by atoms with Crippen LogP contribution in [0.3, 0.4) is 0 Å². The zero-order chi connectivity index (χ0) is 18.3. The fraction of sp³-hybridized carbons (Fsp3) is 0.375. The molecule has 25 heavy (non-hydrogen) atoms. The lowest BCUT2D eigenvalue weighted by Gasteiger charge is -2.14. The summed E-state index contributed by atoms with van der Waals surface area (Å²) in [6, 6.07) is 4.14. The van der Waals surface area contributed by atoms with Gasteiger partial charge in [0.1, 0.15) is 12.2 Å². The van der Waals surface area contributed by atoms with Crippen molar-refractivity contribution >= 4 is 5.96 Å². The Bertz CT molecular complexity index is 712. The quantitative estimate of drug-likeness (QED) is 0.474. The predicted molar refractivity (Wildman–Crippen MR) is 88.3 cm³/mol. The van der Waals surface area contributed by atoms with Crippen LogP contribution in [0.1, 0.15) is 11.1 Å². The molecule has 0 fully saturated rings. The van der Waals surface area contributed by atoms with E-state index in [9.17, 15) is 13.2 Å². The molecule has 0 aliphatic carbocycles. The van der Waals surface area contributed by atoms with Crippen molar-refractivity contribution in [3.05, 3.63) is 47.9 Å². The molecule has 6 nitrogen and oxygen atoms in total.